The standard InChI is InChI=1S/C12H13N5OS/c1-7-15-11(17-12(16-7)19-2)14-6-9(5-13)10(18)8-3-4-8/h6,8H,3-4H2,1-2H3,(H,14,15,16,17). The minimum atomic E-state index is -0.106. The fourth-order valence-electron chi connectivity index (χ4n) is 1.47. The number of allylic oxidation sites excluding steroid dienone is 1. The fourth-order valence-corrected chi connectivity index (χ4v) is 1.87. The molecule has 1 heterocycles. The quantitative estimate of drug-likeness (QED) is 0.496. The molecular weight excluding hydrogens is 262 g/mol. The highest BCUT2D eigenvalue weighted by molar-refractivity contribution is 7.98. The number of nitrogens with one attached hydrogen (secondary N) is 1. The highest BCUT2D eigenvalue weighted by Crippen LogP contribution is 2.32. The van der Waals surface area contributed by atoms with Crippen LogP contribution >= 0.6 is 11.8 Å². The van der Waals surface area contributed by atoms with Crippen molar-refractivity contribution in [2.24, 2.45) is 5.92 Å². The predicted molar refractivity (Wildman–Crippen MR) is 71.4 cm³/mol. The van der Waals surface area contributed by atoms with Crippen LogP contribution in [-0.2, 0) is 4.79 Å². The number of anilines is 1. The number of Topliss-reactive ketones (excluding diaryl/α,β-unsaturated/α-hetero) is 1. The predicted octanol–water partition coefficient (Wildman–Crippen LogP) is 1.70. The van der Waals surface area contributed by atoms with Gasteiger partial charge >= 0.3 is 0 Å². The van der Waals surface area contributed by atoms with Crippen molar-refractivity contribution >= 4 is 23.5 Å². The highest BCUT2D eigenvalue weighted by Gasteiger charge is 2.31. The smallest absolute Gasteiger partial charge is 0.231 e. The van der Waals surface area contributed by atoms with Crippen molar-refractivity contribution in [2.45, 2.75) is 24.9 Å². The third kappa shape index (κ3) is 3.51. The summed E-state index contributed by atoms with van der Waals surface area (Å²) in [4.78, 5) is 24.1. The molecule has 6 nitrogen and oxygen atoms in total. The SMILES string of the molecule is CSc1nc(C)nc(NC=C(C#N)C(=O)C2CC2)n1. The van der Waals surface area contributed by atoms with Crippen LogP contribution in [0.5, 0.6) is 0 Å². The molecule has 0 bridgehead atoms. The second-order valence-corrected chi connectivity index (χ2v) is 4.92. The molecule has 0 saturated heterocycles. The zero-order valence-electron chi connectivity index (χ0n) is 10.7. The maximum absolute atomic E-state index is 11.8. The summed E-state index contributed by atoms with van der Waals surface area (Å²) in [6, 6.07) is 1.91. The molecule has 0 aliphatic heterocycles. The van der Waals surface area contributed by atoms with E-state index in [-0.39, 0.29) is 17.3 Å². The van der Waals surface area contributed by atoms with Crippen molar-refractivity contribution in [1.29, 1.82) is 5.26 Å². The summed E-state index contributed by atoms with van der Waals surface area (Å²) in [5, 5.41) is 12.4. The first-order chi connectivity index (χ1) is 9.13. The van der Waals surface area contributed by atoms with Crippen molar-refractivity contribution in [2.75, 3.05) is 11.6 Å². The summed E-state index contributed by atoms with van der Waals surface area (Å²) >= 11 is 1.40. The van der Waals surface area contributed by atoms with Gasteiger partial charge in [-0.15, -0.1) is 0 Å². The van der Waals surface area contributed by atoms with Crippen LogP contribution < -0.4 is 5.32 Å². The van der Waals surface area contributed by atoms with E-state index in [1.165, 1.54) is 18.0 Å². The molecule has 0 spiro atoms. The Bertz CT molecular complexity index is 574. The van der Waals surface area contributed by atoms with E-state index in [4.69, 9.17) is 5.26 Å². The van der Waals surface area contributed by atoms with Crippen molar-refractivity contribution in [3.63, 3.8) is 0 Å². The normalized spacial score (nSPS) is 14.9. The minimum absolute atomic E-state index is 0.0227. The molecule has 1 N–H and O–H groups in total. The number of nitriles is 1. The first-order valence-corrected chi connectivity index (χ1v) is 7.04. The first-order valence-electron chi connectivity index (χ1n) is 5.81. The van der Waals surface area contributed by atoms with Crippen LogP contribution in [0.25, 0.3) is 0 Å². The average Bonchev–Trinajstić information content (AvgIpc) is 3.22. The lowest BCUT2D eigenvalue weighted by molar-refractivity contribution is -0.116. The highest BCUT2D eigenvalue weighted by atomic mass is 32.2. The Hall–Kier alpha value is -1.94. The van der Waals surface area contributed by atoms with Crippen LogP contribution in [0.15, 0.2) is 16.9 Å². The van der Waals surface area contributed by atoms with E-state index in [2.05, 4.69) is 20.3 Å². The van der Waals surface area contributed by atoms with Crippen LogP contribution in [0, 0.1) is 24.2 Å². The fraction of sp³-hybridized carbons (Fsp3) is 0.417. The van der Waals surface area contributed by atoms with Gasteiger partial charge in [0, 0.05) is 12.1 Å². The lowest BCUT2D eigenvalue weighted by Gasteiger charge is -2.03. The molecule has 1 aromatic heterocycles. The summed E-state index contributed by atoms with van der Waals surface area (Å²) in [5.74, 6) is 0.843. The number of hydrogen-bond acceptors (Lipinski definition) is 7. The van der Waals surface area contributed by atoms with E-state index in [0.29, 0.717) is 16.9 Å². The Balaban J connectivity index is 2.13. The molecule has 0 unspecified atom stereocenters. The number of ketones is 1. The average molecular weight is 275 g/mol. The number of hydrogen-bond donors (Lipinski definition) is 1. The molecule has 0 aromatic carbocycles. The third-order valence-electron chi connectivity index (χ3n) is 2.59. The molecule has 98 valence electrons. The Kier molecular flexibility index (Phi) is 4.12. The van der Waals surface area contributed by atoms with E-state index >= 15 is 0 Å². The Morgan fingerprint density at radius 3 is 2.79 bits per heavy atom. The van der Waals surface area contributed by atoms with Gasteiger partial charge < -0.3 is 5.32 Å². The van der Waals surface area contributed by atoms with Gasteiger partial charge in [0.2, 0.25) is 5.95 Å². The molecule has 7 heteroatoms. The number of thioether (sulfide) groups is 1. The number of nitrogens with zero attached hydrogens (tertiary/aromatic N) is 4. The zero-order valence-corrected chi connectivity index (χ0v) is 11.5. The minimum Gasteiger partial charge on any atom is -0.329 e. The molecule has 1 aromatic rings. The van der Waals surface area contributed by atoms with E-state index in [1.54, 1.807) is 6.92 Å². The number of aromatic nitrogens is 3. The number of carbonyl (C=O) groups excluding carboxylic acids is 1. The van der Waals surface area contributed by atoms with Crippen molar-refractivity contribution < 1.29 is 4.79 Å². The van der Waals surface area contributed by atoms with Gasteiger partial charge in [0.1, 0.15) is 17.5 Å². The molecular formula is C12H13N5OS. The monoisotopic (exact) mass is 275 g/mol. The van der Waals surface area contributed by atoms with Gasteiger partial charge in [0.15, 0.2) is 10.9 Å². The molecule has 2 rings (SSSR count). The van der Waals surface area contributed by atoms with Crippen LogP contribution in [0.3, 0.4) is 0 Å². The molecule has 0 atom stereocenters. The molecule has 0 radical (unpaired) electrons. The largest absolute Gasteiger partial charge is 0.329 e. The van der Waals surface area contributed by atoms with E-state index < -0.39 is 0 Å². The number of carbonyl (C=O) groups is 1. The second kappa shape index (κ2) is 5.80. The summed E-state index contributed by atoms with van der Waals surface area (Å²) in [7, 11) is 0. The topological polar surface area (TPSA) is 91.6 Å². The Morgan fingerprint density at radius 2 is 2.21 bits per heavy atom. The molecule has 1 saturated carbocycles. The van der Waals surface area contributed by atoms with Gasteiger partial charge in [0.25, 0.3) is 0 Å². The summed E-state index contributed by atoms with van der Waals surface area (Å²) in [6.07, 6.45) is 4.99. The van der Waals surface area contributed by atoms with Crippen LogP contribution in [0.2, 0.25) is 0 Å². The molecule has 1 aliphatic rings. The molecule has 1 aliphatic carbocycles. The Morgan fingerprint density at radius 1 is 1.47 bits per heavy atom. The summed E-state index contributed by atoms with van der Waals surface area (Å²) in [5.41, 5.74) is 0.117. The Labute approximate surface area is 115 Å². The van der Waals surface area contributed by atoms with Crippen molar-refractivity contribution in [1.82, 2.24) is 15.0 Å². The lowest BCUT2D eigenvalue weighted by Crippen LogP contribution is -2.07. The molecule has 1 fully saturated rings. The van der Waals surface area contributed by atoms with Gasteiger partial charge in [-0.3, -0.25) is 4.79 Å². The zero-order chi connectivity index (χ0) is 13.8. The first kappa shape index (κ1) is 13.5. The molecule has 0 amide bonds. The lowest BCUT2D eigenvalue weighted by atomic mass is 10.1. The van der Waals surface area contributed by atoms with E-state index in [1.807, 2.05) is 12.3 Å². The third-order valence-corrected chi connectivity index (χ3v) is 3.14. The van der Waals surface area contributed by atoms with Gasteiger partial charge in [-0.2, -0.15) is 15.2 Å². The number of aryl methyl sites for hydroxylation is 1. The van der Waals surface area contributed by atoms with Crippen LogP contribution in [0.1, 0.15) is 18.7 Å². The summed E-state index contributed by atoms with van der Waals surface area (Å²) < 4.78 is 0. The van der Waals surface area contributed by atoms with Gasteiger partial charge in [-0.25, -0.2) is 4.98 Å². The van der Waals surface area contributed by atoms with Gasteiger partial charge in [-0.05, 0) is 26.0 Å². The van der Waals surface area contributed by atoms with Crippen LogP contribution in [-0.4, -0.2) is 27.0 Å². The molecule has 19 heavy (non-hydrogen) atoms. The van der Waals surface area contributed by atoms with Crippen molar-refractivity contribution in [3.05, 3.63) is 17.6 Å². The number of rotatable bonds is 5. The van der Waals surface area contributed by atoms with Gasteiger partial charge in [0.05, 0.1) is 0 Å². The van der Waals surface area contributed by atoms with Crippen molar-refractivity contribution in [3.8, 4) is 6.07 Å². The maximum Gasteiger partial charge on any atom is 0.231 e. The van der Waals surface area contributed by atoms with Gasteiger partial charge in [-0.1, -0.05) is 11.8 Å². The summed E-state index contributed by atoms with van der Waals surface area (Å²) in [6.45, 7) is 1.76. The van der Waals surface area contributed by atoms with E-state index in [0.717, 1.165) is 12.8 Å². The second-order valence-electron chi connectivity index (χ2n) is 4.15. The van der Waals surface area contributed by atoms with Crippen LogP contribution in [0.4, 0.5) is 5.95 Å². The van der Waals surface area contributed by atoms with E-state index in [9.17, 15) is 4.79 Å². The maximum atomic E-state index is 11.8.